The van der Waals surface area contributed by atoms with Crippen molar-refractivity contribution in [2.24, 2.45) is 5.10 Å². The average Bonchev–Trinajstić information content (AvgIpc) is 3.26. The Bertz CT molecular complexity index is 1430. The summed E-state index contributed by atoms with van der Waals surface area (Å²) < 4.78 is 59.3. The van der Waals surface area contributed by atoms with Crippen LogP contribution in [0.25, 0.3) is 10.9 Å². The number of amides is 2. The van der Waals surface area contributed by atoms with Gasteiger partial charge in [-0.05, 0) is 57.9 Å². The topological polar surface area (TPSA) is 156 Å². The smallest absolute Gasteiger partial charge is 0.308 e. The Morgan fingerprint density at radius 3 is 2.00 bits per heavy atom. The molecule has 14 nitrogen and oxygen atoms in total. The van der Waals surface area contributed by atoms with E-state index in [2.05, 4.69) is 14.9 Å². The molecule has 3 rings (SSSR count). The zero-order valence-corrected chi connectivity index (χ0v) is 25.2. The number of benzene rings is 1. The molecular weight excluding hydrogens is 568 g/mol. The molecule has 17 heteroatoms. The van der Waals surface area contributed by atoms with E-state index in [4.69, 9.17) is 0 Å². The fourth-order valence-corrected chi connectivity index (χ4v) is 7.38. The summed E-state index contributed by atoms with van der Waals surface area (Å²) in [4.78, 5) is 29.9. The predicted octanol–water partition coefficient (Wildman–Crippen LogP) is 0.134. The first kappa shape index (κ1) is 30.8. The summed E-state index contributed by atoms with van der Waals surface area (Å²) in [6.07, 6.45) is 0. The second kappa shape index (κ2) is 12.2. The van der Waals surface area contributed by atoms with Crippen LogP contribution in [0, 0.1) is 0 Å². The van der Waals surface area contributed by atoms with Gasteiger partial charge < -0.3 is 9.80 Å². The maximum atomic E-state index is 13.2. The number of rotatable bonds is 12. The molecule has 1 aromatic heterocycles. The number of fused-ring (bicyclic) bond motifs is 1. The first-order valence-electron chi connectivity index (χ1n) is 12.2. The number of carbonyl (C=O) groups excluding carboxylic acids is 2. The number of sulfonamides is 1. The Morgan fingerprint density at radius 2 is 1.51 bits per heavy atom. The van der Waals surface area contributed by atoms with Gasteiger partial charge in [0.1, 0.15) is 5.00 Å². The van der Waals surface area contributed by atoms with Gasteiger partial charge in [0.2, 0.25) is 15.7 Å². The minimum atomic E-state index is -4.40. The molecule has 39 heavy (non-hydrogen) atoms. The van der Waals surface area contributed by atoms with Crippen LogP contribution in [-0.2, 0) is 29.8 Å². The van der Waals surface area contributed by atoms with Gasteiger partial charge in [-0.1, -0.05) is 13.8 Å². The normalized spacial score (nSPS) is 16.3. The lowest BCUT2D eigenvalue weighted by Gasteiger charge is -2.35. The number of aromatic nitrogens is 1. The Morgan fingerprint density at radius 1 is 0.974 bits per heavy atom. The van der Waals surface area contributed by atoms with Gasteiger partial charge in [-0.25, -0.2) is 17.0 Å². The van der Waals surface area contributed by atoms with Gasteiger partial charge in [0.25, 0.3) is 11.8 Å². The van der Waals surface area contributed by atoms with Crippen LogP contribution in [-0.4, -0.2) is 129 Å². The van der Waals surface area contributed by atoms with Crippen molar-refractivity contribution in [2.45, 2.75) is 18.7 Å². The average molecular weight is 603 g/mol. The van der Waals surface area contributed by atoms with Crippen LogP contribution in [0.5, 0.6) is 0 Å². The third-order valence-electron chi connectivity index (χ3n) is 5.98. The number of nitrogens with one attached hydrogen (secondary N) is 1. The number of hydrogen-bond donors (Lipinski definition) is 1. The van der Waals surface area contributed by atoms with Crippen LogP contribution < -0.4 is 5.43 Å². The summed E-state index contributed by atoms with van der Waals surface area (Å²) >= 11 is 0.965. The number of carbonyl (C=O) groups is 2. The Balaban J connectivity index is 2.01. The van der Waals surface area contributed by atoms with Crippen LogP contribution in [0.3, 0.4) is 0 Å². The molecule has 1 aliphatic heterocycles. The van der Waals surface area contributed by atoms with Gasteiger partial charge in [0.15, 0.2) is 0 Å². The molecule has 0 unspecified atom stereocenters. The molecule has 1 aliphatic rings. The van der Waals surface area contributed by atoms with Crippen LogP contribution in [0.1, 0.15) is 13.8 Å². The van der Waals surface area contributed by atoms with Crippen molar-refractivity contribution in [3.8, 4) is 0 Å². The molecule has 1 N–H and O–H groups in total. The number of anilines is 1. The summed E-state index contributed by atoms with van der Waals surface area (Å²) in [5, 5.41) is 4.74. The van der Waals surface area contributed by atoms with Crippen molar-refractivity contribution >= 4 is 65.2 Å². The highest BCUT2D eigenvalue weighted by atomic mass is 32.2. The van der Waals surface area contributed by atoms with Crippen LogP contribution in [0.2, 0.25) is 0 Å². The molecular formula is C22H34N8O6S3. The van der Waals surface area contributed by atoms with Crippen LogP contribution >= 0.6 is 11.5 Å². The van der Waals surface area contributed by atoms with E-state index in [0.29, 0.717) is 37.6 Å². The third-order valence-corrected chi connectivity index (χ3v) is 10.6. The van der Waals surface area contributed by atoms with E-state index in [-0.39, 0.29) is 31.1 Å². The SMILES string of the molecule is CCN(CC)S(=O)(=O)c1ccc2nsc(NN=C3C(=O)N(CCN(C)C)S(=O)(=O)N(CCN(C)C)C3=O)c2c1. The van der Waals surface area contributed by atoms with E-state index in [1.165, 1.54) is 16.4 Å². The summed E-state index contributed by atoms with van der Waals surface area (Å²) in [5.74, 6) is -2.09. The highest BCUT2D eigenvalue weighted by Gasteiger charge is 2.47. The maximum absolute atomic E-state index is 13.2. The summed E-state index contributed by atoms with van der Waals surface area (Å²) in [5.41, 5.74) is 2.55. The molecule has 2 heterocycles. The lowest BCUT2D eigenvalue weighted by Crippen LogP contribution is -2.62. The number of likely N-dealkylation sites (N-methyl/N-ethyl adjacent to an activating group) is 2. The molecule has 1 fully saturated rings. The zero-order valence-electron chi connectivity index (χ0n) is 22.8. The molecule has 0 spiro atoms. The molecule has 0 atom stereocenters. The molecule has 216 valence electrons. The van der Waals surface area contributed by atoms with Crippen molar-refractivity contribution in [3.05, 3.63) is 18.2 Å². The van der Waals surface area contributed by atoms with E-state index in [9.17, 15) is 26.4 Å². The van der Waals surface area contributed by atoms with Gasteiger partial charge in [-0.15, -0.1) is 0 Å². The van der Waals surface area contributed by atoms with Crippen molar-refractivity contribution in [1.29, 1.82) is 0 Å². The minimum absolute atomic E-state index is 0.0650. The standard InChI is InChI=1S/C22H34N8O6S3/c1-7-28(8-2)38(33,34)16-9-10-18-17(15-16)20(37-25-18)24-23-19-21(31)29(13-11-26(3)4)39(35,36)30(22(19)32)14-12-27(5)6/h9-10,15,24H,7-8,11-14H2,1-6H3. The van der Waals surface area contributed by atoms with Crippen molar-refractivity contribution in [1.82, 2.24) is 27.1 Å². The molecule has 0 bridgehead atoms. The summed E-state index contributed by atoms with van der Waals surface area (Å²) in [6.45, 7) is 4.24. The Labute approximate surface area is 233 Å². The Hall–Kier alpha value is -2.70. The van der Waals surface area contributed by atoms with E-state index >= 15 is 0 Å². The zero-order chi connectivity index (χ0) is 29.1. The van der Waals surface area contributed by atoms with Crippen molar-refractivity contribution < 1.29 is 26.4 Å². The maximum Gasteiger partial charge on any atom is 0.331 e. The number of hydrazone groups is 1. The first-order valence-corrected chi connectivity index (χ1v) is 15.8. The lowest BCUT2D eigenvalue weighted by atomic mass is 10.2. The van der Waals surface area contributed by atoms with Gasteiger partial charge in [-0.2, -0.15) is 22.2 Å². The predicted molar refractivity (Wildman–Crippen MR) is 150 cm³/mol. The molecule has 1 aromatic carbocycles. The highest BCUT2D eigenvalue weighted by Crippen LogP contribution is 2.31. The fraction of sp³-hybridized carbons (Fsp3) is 0.545. The number of nitrogens with zero attached hydrogens (tertiary/aromatic N) is 7. The van der Waals surface area contributed by atoms with E-state index in [0.717, 1.165) is 11.5 Å². The fourth-order valence-electron chi connectivity index (χ4n) is 3.75. The highest BCUT2D eigenvalue weighted by molar-refractivity contribution is 7.89. The molecule has 2 aromatic rings. The van der Waals surface area contributed by atoms with Gasteiger partial charge in [0.05, 0.1) is 23.5 Å². The van der Waals surface area contributed by atoms with Gasteiger partial charge >= 0.3 is 10.2 Å². The second-order valence-electron chi connectivity index (χ2n) is 9.22. The monoisotopic (exact) mass is 602 g/mol. The summed E-state index contributed by atoms with van der Waals surface area (Å²) in [7, 11) is -1.22. The van der Waals surface area contributed by atoms with E-state index in [1.54, 1.807) is 57.9 Å². The van der Waals surface area contributed by atoms with Crippen molar-refractivity contribution in [3.63, 3.8) is 0 Å². The summed E-state index contributed by atoms with van der Waals surface area (Å²) in [6, 6.07) is 4.49. The molecule has 2 amide bonds. The van der Waals surface area contributed by atoms with Gasteiger partial charge in [0, 0.05) is 31.6 Å². The third kappa shape index (κ3) is 6.38. The molecule has 0 radical (unpaired) electrons. The molecule has 1 saturated heterocycles. The van der Waals surface area contributed by atoms with Crippen LogP contribution in [0.15, 0.2) is 28.2 Å². The molecule has 0 saturated carbocycles. The van der Waals surface area contributed by atoms with E-state index in [1.807, 2.05) is 0 Å². The first-order chi connectivity index (χ1) is 18.2. The van der Waals surface area contributed by atoms with Crippen molar-refractivity contribution in [2.75, 3.05) is 72.9 Å². The molecule has 0 aliphatic carbocycles. The quantitative estimate of drug-likeness (QED) is 0.332. The Kier molecular flexibility index (Phi) is 9.66. The largest absolute Gasteiger partial charge is 0.331 e. The lowest BCUT2D eigenvalue weighted by molar-refractivity contribution is -0.126. The van der Waals surface area contributed by atoms with E-state index < -0.39 is 37.8 Å². The minimum Gasteiger partial charge on any atom is -0.308 e. The van der Waals surface area contributed by atoms with Crippen LogP contribution in [0.4, 0.5) is 5.00 Å². The number of hydrogen-bond acceptors (Lipinski definition) is 12. The van der Waals surface area contributed by atoms with Gasteiger partial charge in [-0.3, -0.25) is 15.0 Å². The second-order valence-corrected chi connectivity index (χ2v) is 13.7.